The molecule has 0 rings (SSSR count). The normalized spacial score (nSPS) is 10.9. The zero-order valence-corrected chi connectivity index (χ0v) is 5.57. The molecular weight excluding hydrogens is 122 g/mol. The van der Waals surface area contributed by atoms with Crippen molar-refractivity contribution in [2.45, 2.75) is 13.3 Å². The molecule has 0 aliphatic carbocycles. The molecular formula is C6H8ClN. The number of allylic oxidation sites excluding steroid dienone is 2. The van der Waals surface area contributed by atoms with E-state index in [1.807, 2.05) is 19.1 Å². The molecule has 0 heterocycles. The standard InChI is InChI=1S/C6H8ClN/c1-6(2-4-7)3-5-8/h2H,3-4H2,1H3/b6-2+. The summed E-state index contributed by atoms with van der Waals surface area (Å²) in [6, 6.07) is 2.03. The maximum Gasteiger partial charge on any atom is 0.0666 e. The van der Waals surface area contributed by atoms with Gasteiger partial charge in [-0.3, -0.25) is 0 Å². The van der Waals surface area contributed by atoms with Gasteiger partial charge < -0.3 is 0 Å². The largest absolute Gasteiger partial charge is 0.198 e. The van der Waals surface area contributed by atoms with Crippen LogP contribution in [0.3, 0.4) is 0 Å². The summed E-state index contributed by atoms with van der Waals surface area (Å²) in [7, 11) is 0. The summed E-state index contributed by atoms with van der Waals surface area (Å²) in [4.78, 5) is 0. The number of nitriles is 1. The molecule has 0 bridgehead atoms. The van der Waals surface area contributed by atoms with Crippen LogP contribution < -0.4 is 0 Å². The first-order valence-electron chi connectivity index (χ1n) is 2.39. The molecule has 0 atom stereocenters. The first-order chi connectivity index (χ1) is 3.81. The van der Waals surface area contributed by atoms with Crippen LogP contribution in [0.1, 0.15) is 13.3 Å². The SMILES string of the molecule is C/C(=C\CCl)CC#N. The maximum atomic E-state index is 8.13. The second kappa shape index (κ2) is 4.67. The fourth-order valence-corrected chi connectivity index (χ4v) is 0.592. The van der Waals surface area contributed by atoms with Gasteiger partial charge in [-0.2, -0.15) is 5.26 Å². The van der Waals surface area contributed by atoms with Gasteiger partial charge in [0.25, 0.3) is 0 Å². The van der Waals surface area contributed by atoms with Crippen molar-refractivity contribution in [1.82, 2.24) is 0 Å². The van der Waals surface area contributed by atoms with Crippen molar-refractivity contribution in [2.75, 3.05) is 5.88 Å². The van der Waals surface area contributed by atoms with Gasteiger partial charge in [-0.25, -0.2) is 0 Å². The molecule has 0 amide bonds. The van der Waals surface area contributed by atoms with E-state index in [0.717, 1.165) is 5.57 Å². The van der Waals surface area contributed by atoms with Gasteiger partial charge in [0.2, 0.25) is 0 Å². The molecule has 0 saturated carbocycles. The van der Waals surface area contributed by atoms with E-state index in [-0.39, 0.29) is 0 Å². The van der Waals surface area contributed by atoms with Crippen LogP contribution in [0.25, 0.3) is 0 Å². The van der Waals surface area contributed by atoms with E-state index >= 15 is 0 Å². The molecule has 0 aliphatic rings. The van der Waals surface area contributed by atoms with Crippen molar-refractivity contribution in [1.29, 1.82) is 5.26 Å². The Balaban J connectivity index is 3.49. The molecule has 0 fully saturated rings. The second-order valence-electron chi connectivity index (χ2n) is 1.54. The van der Waals surface area contributed by atoms with E-state index < -0.39 is 0 Å². The highest BCUT2D eigenvalue weighted by Gasteiger charge is 1.82. The minimum absolute atomic E-state index is 0.493. The first kappa shape index (κ1) is 7.52. The molecule has 2 heteroatoms. The zero-order valence-electron chi connectivity index (χ0n) is 4.82. The fraction of sp³-hybridized carbons (Fsp3) is 0.500. The molecule has 0 aromatic carbocycles. The Kier molecular flexibility index (Phi) is 4.39. The van der Waals surface area contributed by atoms with Gasteiger partial charge in [0, 0.05) is 5.88 Å². The lowest BCUT2D eigenvalue weighted by Gasteiger charge is -1.85. The summed E-state index contributed by atoms with van der Waals surface area (Å²) in [5.74, 6) is 0.507. The molecule has 8 heavy (non-hydrogen) atoms. The smallest absolute Gasteiger partial charge is 0.0666 e. The van der Waals surface area contributed by atoms with Crippen LogP contribution >= 0.6 is 11.6 Å². The Morgan fingerprint density at radius 2 is 2.50 bits per heavy atom. The highest BCUT2D eigenvalue weighted by Crippen LogP contribution is 1.97. The van der Waals surface area contributed by atoms with Crippen molar-refractivity contribution in [3.8, 4) is 6.07 Å². The van der Waals surface area contributed by atoms with Gasteiger partial charge in [0.05, 0.1) is 12.5 Å². The van der Waals surface area contributed by atoms with Gasteiger partial charge in [-0.15, -0.1) is 11.6 Å². The number of halogens is 1. The molecule has 1 nitrogen and oxygen atoms in total. The average Bonchev–Trinajstić information content (AvgIpc) is 1.68. The van der Waals surface area contributed by atoms with E-state index in [2.05, 4.69) is 0 Å². The van der Waals surface area contributed by atoms with Crippen molar-refractivity contribution in [2.24, 2.45) is 0 Å². The number of rotatable bonds is 2. The molecule has 0 aromatic heterocycles. The molecule has 0 radical (unpaired) electrons. The summed E-state index contributed by atoms with van der Waals surface area (Å²) in [6.07, 6.45) is 2.33. The van der Waals surface area contributed by atoms with Gasteiger partial charge in [0.1, 0.15) is 0 Å². The Bertz CT molecular complexity index is 121. The third kappa shape index (κ3) is 3.70. The number of hydrogen-bond acceptors (Lipinski definition) is 1. The number of alkyl halides is 1. The quantitative estimate of drug-likeness (QED) is 0.414. The third-order valence-corrected chi connectivity index (χ3v) is 0.938. The van der Waals surface area contributed by atoms with Crippen LogP contribution in [0.15, 0.2) is 11.6 Å². The van der Waals surface area contributed by atoms with Crippen LogP contribution in [-0.2, 0) is 0 Å². The van der Waals surface area contributed by atoms with E-state index in [9.17, 15) is 0 Å². The molecule has 0 unspecified atom stereocenters. The van der Waals surface area contributed by atoms with Crippen LogP contribution in [0.2, 0.25) is 0 Å². The Morgan fingerprint density at radius 1 is 1.88 bits per heavy atom. The van der Waals surface area contributed by atoms with Gasteiger partial charge >= 0.3 is 0 Å². The lowest BCUT2D eigenvalue weighted by molar-refractivity contribution is 1.20. The van der Waals surface area contributed by atoms with E-state index in [4.69, 9.17) is 16.9 Å². The van der Waals surface area contributed by atoms with Crippen LogP contribution in [0, 0.1) is 11.3 Å². The average molecular weight is 130 g/mol. The highest BCUT2D eigenvalue weighted by atomic mass is 35.5. The Labute approximate surface area is 54.6 Å². The van der Waals surface area contributed by atoms with Gasteiger partial charge in [0.15, 0.2) is 0 Å². The Hall–Kier alpha value is -0.480. The van der Waals surface area contributed by atoms with Crippen LogP contribution in [-0.4, -0.2) is 5.88 Å². The summed E-state index contributed by atoms with van der Waals surface area (Å²) >= 11 is 5.35. The number of hydrogen-bond donors (Lipinski definition) is 0. The van der Waals surface area contributed by atoms with Crippen molar-refractivity contribution < 1.29 is 0 Å². The predicted octanol–water partition coefficient (Wildman–Crippen LogP) is 2.09. The van der Waals surface area contributed by atoms with Crippen LogP contribution in [0.4, 0.5) is 0 Å². The zero-order chi connectivity index (χ0) is 6.41. The minimum atomic E-state index is 0.493. The monoisotopic (exact) mass is 129 g/mol. The predicted molar refractivity (Wildman–Crippen MR) is 34.7 cm³/mol. The van der Waals surface area contributed by atoms with E-state index in [1.54, 1.807) is 0 Å². The van der Waals surface area contributed by atoms with E-state index in [1.165, 1.54) is 0 Å². The lowest BCUT2D eigenvalue weighted by atomic mass is 10.2. The molecule has 0 saturated heterocycles. The summed E-state index contributed by atoms with van der Waals surface area (Å²) in [5, 5.41) is 8.13. The summed E-state index contributed by atoms with van der Waals surface area (Å²) < 4.78 is 0. The van der Waals surface area contributed by atoms with E-state index in [0.29, 0.717) is 12.3 Å². The Morgan fingerprint density at radius 3 is 2.88 bits per heavy atom. The van der Waals surface area contributed by atoms with Crippen molar-refractivity contribution in [3.05, 3.63) is 11.6 Å². The third-order valence-electron chi connectivity index (χ3n) is 0.784. The van der Waals surface area contributed by atoms with Crippen molar-refractivity contribution in [3.63, 3.8) is 0 Å². The maximum absolute atomic E-state index is 8.13. The topological polar surface area (TPSA) is 23.8 Å². The van der Waals surface area contributed by atoms with Gasteiger partial charge in [-0.1, -0.05) is 11.6 Å². The van der Waals surface area contributed by atoms with Crippen molar-refractivity contribution >= 4 is 11.6 Å². The lowest BCUT2D eigenvalue weighted by Crippen LogP contribution is -1.72. The summed E-state index contributed by atoms with van der Waals surface area (Å²) in [6.45, 7) is 1.89. The highest BCUT2D eigenvalue weighted by molar-refractivity contribution is 6.18. The van der Waals surface area contributed by atoms with Gasteiger partial charge in [-0.05, 0) is 6.92 Å². The molecule has 0 N–H and O–H groups in total. The fourth-order valence-electron chi connectivity index (χ4n) is 0.329. The molecule has 0 aliphatic heterocycles. The number of nitrogens with zero attached hydrogens (tertiary/aromatic N) is 1. The first-order valence-corrected chi connectivity index (χ1v) is 2.93. The molecule has 0 aromatic rings. The van der Waals surface area contributed by atoms with Crippen LogP contribution in [0.5, 0.6) is 0 Å². The second-order valence-corrected chi connectivity index (χ2v) is 1.85. The summed E-state index contributed by atoms with van der Waals surface area (Å²) in [5.41, 5.74) is 1.04. The molecule has 0 spiro atoms. The molecule has 44 valence electrons. The minimum Gasteiger partial charge on any atom is -0.198 e.